The summed E-state index contributed by atoms with van der Waals surface area (Å²) in [5, 5.41) is 9.78. The zero-order valence-electron chi connectivity index (χ0n) is 15.9. The molecule has 0 atom stereocenters. The van der Waals surface area contributed by atoms with Gasteiger partial charge in [-0.05, 0) is 22.4 Å². The minimum atomic E-state index is -0.587. The molecule has 1 saturated heterocycles. The van der Waals surface area contributed by atoms with E-state index in [0.717, 1.165) is 11.1 Å². The number of nitrogens with zero attached hydrogens (tertiary/aromatic N) is 6. The molecule has 150 valence electrons. The molecule has 4 aromatic rings. The highest BCUT2D eigenvalue weighted by Gasteiger charge is 2.47. The van der Waals surface area contributed by atoms with Crippen LogP contribution in [-0.4, -0.2) is 44.0 Å². The first-order valence-electron chi connectivity index (χ1n) is 9.65. The van der Waals surface area contributed by atoms with Gasteiger partial charge in [0.1, 0.15) is 11.1 Å². The molecule has 1 spiro atoms. The van der Waals surface area contributed by atoms with Crippen molar-refractivity contribution in [2.75, 3.05) is 23.8 Å². The number of carbonyl (C=O) groups excluding carboxylic acids is 1. The summed E-state index contributed by atoms with van der Waals surface area (Å²) in [7, 11) is 0. The Labute approximate surface area is 170 Å². The predicted octanol–water partition coefficient (Wildman–Crippen LogP) is 1.86. The number of hydrogen-bond acceptors (Lipinski definition) is 9. The van der Waals surface area contributed by atoms with E-state index in [1.165, 1.54) is 0 Å². The van der Waals surface area contributed by atoms with Crippen LogP contribution in [0.5, 0.6) is 0 Å². The van der Waals surface area contributed by atoms with Crippen LogP contribution in [0.3, 0.4) is 0 Å². The summed E-state index contributed by atoms with van der Waals surface area (Å²) in [4.78, 5) is 21.2. The Morgan fingerprint density at radius 1 is 1.10 bits per heavy atom. The minimum Gasteiger partial charge on any atom is -0.450 e. The molecule has 0 saturated carbocycles. The molecule has 1 aromatic carbocycles. The Morgan fingerprint density at radius 2 is 1.93 bits per heavy atom. The fourth-order valence-electron chi connectivity index (χ4n) is 4.48. The fourth-order valence-corrected chi connectivity index (χ4v) is 4.48. The van der Waals surface area contributed by atoms with Crippen molar-refractivity contribution in [3.63, 3.8) is 0 Å². The summed E-state index contributed by atoms with van der Waals surface area (Å²) in [5.41, 5.74) is 8.96. The van der Waals surface area contributed by atoms with Crippen molar-refractivity contribution in [3.05, 3.63) is 53.9 Å². The Kier molecular flexibility index (Phi) is 3.40. The van der Waals surface area contributed by atoms with Gasteiger partial charge in [0.15, 0.2) is 17.3 Å². The number of fused-ring (bicyclic) bond motifs is 3. The van der Waals surface area contributed by atoms with E-state index < -0.39 is 5.60 Å². The van der Waals surface area contributed by atoms with Gasteiger partial charge in [-0.3, -0.25) is 4.98 Å². The Balaban J connectivity index is 1.40. The molecular weight excluding hydrogens is 386 g/mol. The average Bonchev–Trinajstić information content (AvgIpc) is 3.44. The van der Waals surface area contributed by atoms with E-state index in [1.807, 2.05) is 35.0 Å². The molecule has 2 aliphatic heterocycles. The molecular formula is C20H17N7O3. The third-order valence-electron chi connectivity index (χ3n) is 5.91. The number of benzene rings is 1. The number of pyridine rings is 1. The zero-order valence-corrected chi connectivity index (χ0v) is 15.9. The summed E-state index contributed by atoms with van der Waals surface area (Å²) < 4.78 is 12.6. The summed E-state index contributed by atoms with van der Waals surface area (Å²) in [6, 6.07) is 9.52. The lowest BCUT2D eigenvalue weighted by Gasteiger charge is -2.40. The quantitative estimate of drug-likeness (QED) is 0.499. The lowest BCUT2D eigenvalue weighted by Crippen LogP contribution is -2.48. The second kappa shape index (κ2) is 6.02. The van der Waals surface area contributed by atoms with Crippen molar-refractivity contribution in [2.24, 2.45) is 0 Å². The molecule has 1 fully saturated rings. The van der Waals surface area contributed by atoms with Gasteiger partial charge < -0.3 is 15.5 Å². The van der Waals surface area contributed by atoms with Gasteiger partial charge in [-0.25, -0.2) is 19.1 Å². The van der Waals surface area contributed by atoms with Crippen molar-refractivity contribution in [1.82, 2.24) is 25.0 Å². The minimum absolute atomic E-state index is 0.173. The first-order valence-corrected chi connectivity index (χ1v) is 9.65. The van der Waals surface area contributed by atoms with E-state index >= 15 is 0 Å². The molecule has 3 aromatic heterocycles. The Morgan fingerprint density at radius 3 is 2.73 bits per heavy atom. The maximum atomic E-state index is 12.4. The van der Waals surface area contributed by atoms with Gasteiger partial charge in [0, 0.05) is 37.7 Å². The molecule has 0 aliphatic carbocycles. The zero-order chi connectivity index (χ0) is 20.3. The molecule has 0 amide bonds. The predicted molar refractivity (Wildman–Crippen MR) is 106 cm³/mol. The number of hydrogen-bond donors (Lipinski definition) is 1. The molecule has 30 heavy (non-hydrogen) atoms. The summed E-state index contributed by atoms with van der Waals surface area (Å²) >= 11 is 0. The molecule has 0 radical (unpaired) electrons. The van der Waals surface area contributed by atoms with Crippen molar-refractivity contribution in [2.45, 2.75) is 18.4 Å². The standard InChI is InChI=1S/C20H17N7O3/c21-17-16(24-30-25-17)18-23-14-11-22-8-5-15(14)27(18)26-9-6-20(7-10-26)13-4-2-1-3-12(13)19(28)29-20/h1-5,8,11H,6-7,9-10H2,(H2,21,25). The second-order valence-electron chi connectivity index (χ2n) is 7.49. The van der Waals surface area contributed by atoms with E-state index in [2.05, 4.69) is 25.3 Å². The average molecular weight is 403 g/mol. The van der Waals surface area contributed by atoms with Gasteiger partial charge in [0.25, 0.3) is 0 Å². The number of aromatic nitrogens is 5. The van der Waals surface area contributed by atoms with E-state index in [-0.39, 0.29) is 11.8 Å². The van der Waals surface area contributed by atoms with Gasteiger partial charge in [0.05, 0.1) is 17.3 Å². The number of anilines is 1. The molecule has 10 nitrogen and oxygen atoms in total. The first-order chi connectivity index (χ1) is 14.7. The van der Waals surface area contributed by atoms with Gasteiger partial charge in [-0.1, -0.05) is 18.2 Å². The number of ether oxygens (including phenoxy) is 1. The van der Waals surface area contributed by atoms with E-state index in [0.29, 0.717) is 48.5 Å². The molecule has 2 aliphatic rings. The summed E-state index contributed by atoms with van der Waals surface area (Å²) in [6.45, 7) is 1.29. The van der Waals surface area contributed by atoms with Crippen molar-refractivity contribution in [3.8, 4) is 11.5 Å². The number of imidazole rings is 1. The van der Waals surface area contributed by atoms with Crippen molar-refractivity contribution < 1.29 is 14.2 Å². The van der Waals surface area contributed by atoms with Gasteiger partial charge in [-0.2, -0.15) is 0 Å². The highest BCUT2D eigenvalue weighted by atomic mass is 16.6. The highest BCUT2D eigenvalue weighted by Crippen LogP contribution is 2.44. The van der Waals surface area contributed by atoms with Crippen molar-refractivity contribution >= 4 is 22.8 Å². The maximum absolute atomic E-state index is 12.4. The molecule has 6 rings (SSSR count). The van der Waals surface area contributed by atoms with Gasteiger partial charge in [0.2, 0.25) is 0 Å². The second-order valence-corrected chi connectivity index (χ2v) is 7.49. The third-order valence-corrected chi connectivity index (χ3v) is 5.91. The van der Waals surface area contributed by atoms with Crippen LogP contribution in [0.1, 0.15) is 28.8 Å². The van der Waals surface area contributed by atoms with Crippen LogP contribution >= 0.6 is 0 Å². The van der Waals surface area contributed by atoms with E-state index in [1.54, 1.807) is 12.4 Å². The molecule has 2 N–H and O–H groups in total. The van der Waals surface area contributed by atoms with Crippen LogP contribution in [0.25, 0.3) is 22.6 Å². The van der Waals surface area contributed by atoms with Crippen LogP contribution in [-0.2, 0) is 10.3 Å². The van der Waals surface area contributed by atoms with Crippen LogP contribution < -0.4 is 10.7 Å². The number of rotatable bonds is 2. The normalized spacial score (nSPS) is 17.5. The smallest absolute Gasteiger partial charge is 0.339 e. The number of carbonyl (C=O) groups is 1. The number of nitrogens with two attached hydrogens (primary N) is 1. The Hall–Kier alpha value is -3.95. The summed E-state index contributed by atoms with van der Waals surface area (Å²) in [5.74, 6) is 0.462. The highest BCUT2D eigenvalue weighted by molar-refractivity contribution is 5.94. The molecule has 0 unspecified atom stereocenters. The number of esters is 1. The van der Waals surface area contributed by atoms with E-state index in [4.69, 9.17) is 15.1 Å². The van der Waals surface area contributed by atoms with Crippen LogP contribution in [0, 0.1) is 0 Å². The topological polar surface area (TPSA) is 125 Å². The van der Waals surface area contributed by atoms with Crippen LogP contribution in [0.4, 0.5) is 5.82 Å². The Bertz CT molecular complexity index is 1290. The third kappa shape index (κ3) is 2.27. The lowest BCUT2D eigenvalue weighted by molar-refractivity contribution is -0.0231. The van der Waals surface area contributed by atoms with Gasteiger partial charge in [-0.15, -0.1) is 0 Å². The first kappa shape index (κ1) is 17.0. The fraction of sp³-hybridized carbons (Fsp3) is 0.250. The largest absolute Gasteiger partial charge is 0.450 e. The summed E-state index contributed by atoms with van der Waals surface area (Å²) in [6.07, 6.45) is 4.73. The van der Waals surface area contributed by atoms with Crippen LogP contribution in [0.15, 0.2) is 47.4 Å². The van der Waals surface area contributed by atoms with Crippen LogP contribution in [0.2, 0.25) is 0 Å². The lowest BCUT2D eigenvalue weighted by atomic mass is 9.84. The molecule has 5 heterocycles. The molecule has 10 heteroatoms. The SMILES string of the molecule is Nc1nonc1-c1nc2cnccc2n1N1CCC2(CC1)OC(=O)c1ccccc12. The van der Waals surface area contributed by atoms with Gasteiger partial charge >= 0.3 is 5.97 Å². The maximum Gasteiger partial charge on any atom is 0.339 e. The number of nitrogen functional groups attached to an aromatic ring is 1. The van der Waals surface area contributed by atoms with Crippen molar-refractivity contribution in [1.29, 1.82) is 0 Å². The van der Waals surface area contributed by atoms with E-state index in [9.17, 15) is 4.79 Å². The molecule has 0 bridgehead atoms. The number of piperidine rings is 1. The monoisotopic (exact) mass is 403 g/mol.